The van der Waals surface area contributed by atoms with E-state index in [1.165, 1.54) is 0 Å². The molecule has 0 aromatic heterocycles. The number of halogens is 1. The van der Waals surface area contributed by atoms with Crippen LogP contribution in [0.4, 0.5) is 0 Å². The van der Waals surface area contributed by atoms with Crippen LogP contribution in [0.15, 0.2) is 6.07 Å². The molecule has 1 aliphatic carbocycles. The Morgan fingerprint density at radius 1 is 1.40 bits per heavy atom. The summed E-state index contributed by atoms with van der Waals surface area (Å²) >= 11 is 6.29. The molecular weight excluding hydrogens is 276 g/mol. The maximum atomic E-state index is 12.2. The second kappa shape index (κ2) is 6.40. The summed E-state index contributed by atoms with van der Waals surface area (Å²) in [6, 6.07) is 1.90. The van der Waals surface area contributed by atoms with Crippen LogP contribution in [0.2, 0.25) is 5.02 Å². The number of esters is 1. The number of aryl methyl sites for hydroxylation is 1. The highest BCUT2D eigenvalue weighted by Crippen LogP contribution is 2.33. The van der Waals surface area contributed by atoms with Crippen molar-refractivity contribution in [3.05, 3.63) is 33.3 Å². The smallest absolute Gasteiger partial charge is 0.306 e. The number of ketones is 1. The number of benzene rings is 1. The SMILES string of the molecule is CCOC(=O)CCc1c(Cl)cc(C)c2c1C(=O)CCC2. The van der Waals surface area contributed by atoms with E-state index in [0.29, 0.717) is 24.5 Å². The first-order chi connectivity index (χ1) is 9.54. The molecule has 0 N–H and O–H groups in total. The van der Waals surface area contributed by atoms with Crippen LogP contribution in [0.3, 0.4) is 0 Å². The van der Waals surface area contributed by atoms with Crippen LogP contribution >= 0.6 is 11.6 Å². The third-order valence-electron chi connectivity index (χ3n) is 3.70. The summed E-state index contributed by atoms with van der Waals surface area (Å²) in [5.74, 6) is -0.100. The van der Waals surface area contributed by atoms with Gasteiger partial charge in [-0.2, -0.15) is 0 Å². The van der Waals surface area contributed by atoms with Gasteiger partial charge >= 0.3 is 5.97 Å². The van der Waals surface area contributed by atoms with E-state index in [2.05, 4.69) is 0 Å². The monoisotopic (exact) mass is 294 g/mol. The van der Waals surface area contributed by atoms with Gasteiger partial charge in [0, 0.05) is 23.4 Å². The second-order valence-corrected chi connectivity index (χ2v) is 5.50. The van der Waals surface area contributed by atoms with Gasteiger partial charge in [0.2, 0.25) is 0 Å². The molecule has 0 saturated heterocycles. The van der Waals surface area contributed by atoms with E-state index in [9.17, 15) is 9.59 Å². The first-order valence-electron chi connectivity index (χ1n) is 7.04. The quantitative estimate of drug-likeness (QED) is 0.796. The van der Waals surface area contributed by atoms with Crippen molar-refractivity contribution < 1.29 is 14.3 Å². The normalized spacial score (nSPS) is 14.1. The van der Waals surface area contributed by atoms with Gasteiger partial charge < -0.3 is 4.74 Å². The lowest BCUT2D eigenvalue weighted by Gasteiger charge is -2.21. The van der Waals surface area contributed by atoms with Crippen molar-refractivity contribution in [1.29, 1.82) is 0 Å². The number of rotatable bonds is 4. The maximum absolute atomic E-state index is 12.2. The van der Waals surface area contributed by atoms with Gasteiger partial charge in [0.15, 0.2) is 5.78 Å². The molecule has 1 aromatic carbocycles. The fourth-order valence-electron chi connectivity index (χ4n) is 2.78. The van der Waals surface area contributed by atoms with Crippen LogP contribution in [-0.4, -0.2) is 18.4 Å². The third kappa shape index (κ3) is 3.04. The Hall–Kier alpha value is -1.35. The van der Waals surface area contributed by atoms with E-state index >= 15 is 0 Å². The van der Waals surface area contributed by atoms with E-state index in [0.717, 1.165) is 35.1 Å². The van der Waals surface area contributed by atoms with Gasteiger partial charge in [-0.15, -0.1) is 0 Å². The topological polar surface area (TPSA) is 43.4 Å². The molecule has 0 aliphatic heterocycles. The van der Waals surface area contributed by atoms with Crippen molar-refractivity contribution in [2.75, 3.05) is 6.61 Å². The van der Waals surface area contributed by atoms with Crippen LogP contribution in [0.5, 0.6) is 0 Å². The van der Waals surface area contributed by atoms with Crippen LogP contribution in [0.1, 0.15) is 53.2 Å². The predicted octanol–water partition coefficient (Wildman–Crippen LogP) is 3.66. The van der Waals surface area contributed by atoms with Gasteiger partial charge in [0.25, 0.3) is 0 Å². The van der Waals surface area contributed by atoms with Crippen LogP contribution < -0.4 is 0 Å². The molecule has 20 heavy (non-hydrogen) atoms. The minimum atomic E-state index is -0.249. The Kier molecular flexibility index (Phi) is 4.81. The third-order valence-corrected chi connectivity index (χ3v) is 4.04. The fraction of sp³-hybridized carbons (Fsp3) is 0.500. The molecule has 0 amide bonds. The molecule has 0 fully saturated rings. The van der Waals surface area contributed by atoms with Crippen molar-refractivity contribution in [1.82, 2.24) is 0 Å². The minimum absolute atomic E-state index is 0.149. The highest BCUT2D eigenvalue weighted by molar-refractivity contribution is 6.32. The van der Waals surface area contributed by atoms with Crippen molar-refractivity contribution in [3.63, 3.8) is 0 Å². The van der Waals surface area contributed by atoms with Crippen molar-refractivity contribution in [2.45, 2.75) is 46.0 Å². The minimum Gasteiger partial charge on any atom is -0.466 e. The molecule has 0 unspecified atom stereocenters. The van der Waals surface area contributed by atoms with Gasteiger partial charge in [-0.1, -0.05) is 11.6 Å². The van der Waals surface area contributed by atoms with Gasteiger partial charge in [-0.3, -0.25) is 9.59 Å². The number of hydrogen-bond acceptors (Lipinski definition) is 3. The number of fused-ring (bicyclic) bond motifs is 1. The van der Waals surface area contributed by atoms with Gasteiger partial charge in [-0.05, 0) is 55.9 Å². The lowest BCUT2D eigenvalue weighted by molar-refractivity contribution is -0.143. The van der Waals surface area contributed by atoms with Crippen molar-refractivity contribution >= 4 is 23.4 Å². The van der Waals surface area contributed by atoms with Gasteiger partial charge in [0.05, 0.1) is 6.61 Å². The van der Waals surface area contributed by atoms with Crippen molar-refractivity contribution in [3.8, 4) is 0 Å². The Morgan fingerprint density at radius 2 is 2.15 bits per heavy atom. The molecule has 0 spiro atoms. The number of carbonyl (C=O) groups is 2. The molecule has 0 radical (unpaired) electrons. The van der Waals surface area contributed by atoms with Crippen LogP contribution in [0, 0.1) is 6.92 Å². The van der Waals surface area contributed by atoms with E-state index in [4.69, 9.17) is 16.3 Å². The standard InChI is InChI=1S/C16H19ClO3/c1-3-20-15(19)8-7-12-13(17)9-10(2)11-5-4-6-14(18)16(11)12/h9H,3-8H2,1-2H3. The second-order valence-electron chi connectivity index (χ2n) is 5.09. The summed E-state index contributed by atoms with van der Waals surface area (Å²) < 4.78 is 4.93. The molecule has 1 aliphatic rings. The summed E-state index contributed by atoms with van der Waals surface area (Å²) in [4.78, 5) is 23.7. The van der Waals surface area contributed by atoms with E-state index < -0.39 is 0 Å². The van der Waals surface area contributed by atoms with E-state index in [1.54, 1.807) is 6.92 Å². The summed E-state index contributed by atoms with van der Waals surface area (Å²) in [6.45, 7) is 4.14. The highest BCUT2D eigenvalue weighted by Gasteiger charge is 2.24. The Bertz CT molecular complexity index is 549. The summed E-state index contributed by atoms with van der Waals surface area (Å²) in [7, 11) is 0. The molecule has 108 valence electrons. The number of carbonyl (C=O) groups excluding carboxylic acids is 2. The molecule has 0 saturated carbocycles. The van der Waals surface area contributed by atoms with E-state index in [1.807, 2.05) is 13.0 Å². The first-order valence-corrected chi connectivity index (χ1v) is 7.42. The number of hydrogen-bond donors (Lipinski definition) is 0. The number of Topliss-reactive ketones (excluding diaryl/α,β-unsaturated/α-hetero) is 1. The first kappa shape index (κ1) is 15.0. The molecular formula is C16H19ClO3. The van der Waals surface area contributed by atoms with Gasteiger partial charge in [0.1, 0.15) is 0 Å². The zero-order valence-electron chi connectivity index (χ0n) is 11.9. The Balaban J connectivity index is 2.32. The van der Waals surface area contributed by atoms with Gasteiger partial charge in [-0.25, -0.2) is 0 Å². The molecule has 3 nitrogen and oxygen atoms in total. The molecule has 0 atom stereocenters. The molecule has 0 bridgehead atoms. The maximum Gasteiger partial charge on any atom is 0.306 e. The average molecular weight is 295 g/mol. The largest absolute Gasteiger partial charge is 0.466 e. The molecule has 0 heterocycles. The summed E-state index contributed by atoms with van der Waals surface area (Å²) in [6.07, 6.45) is 3.10. The highest BCUT2D eigenvalue weighted by atomic mass is 35.5. The van der Waals surface area contributed by atoms with Crippen LogP contribution in [-0.2, 0) is 22.4 Å². The van der Waals surface area contributed by atoms with Crippen molar-refractivity contribution in [2.24, 2.45) is 0 Å². The average Bonchev–Trinajstić information content (AvgIpc) is 2.39. The zero-order valence-corrected chi connectivity index (χ0v) is 12.7. The van der Waals surface area contributed by atoms with E-state index in [-0.39, 0.29) is 18.2 Å². The molecule has 4 heteroatoms. The summed E-state index contributed by atoms with van der Waals surface area (Å²) in [5.41, 5.74) is 3.73. The van der Waals surface area contributed by atoms with Crippen LogP contribution in [0.25, 0.3) is 0 Å². The Labute approximate surface area is 124 Å². The zero-order chi connectivity index (χ0) is 14.7. The molecule has 2 rings (SSSR count). The molecule has 1 aromatic rings. The fourth-order valence-corrected chi connectivity index (χ4v) is 3.13. The Morgan fingerprint density at radius 3 is 2.85 bits per heavy atom. The lowest BCUT2D eigenvalue weighted by Crippen LogP contribution is -2.17. The number of ether oxygens (including phenoxy) is 1. The predicted molar refractivity (Wildman–Crippen MR) is 78.4 cm³/mol. The lowest BCUT2D eigenvalue weighted by atomic mass is 9.83. The summed E-state index contributed by atoms with van der Waals surface area (Å²) in [5, 5.41) is 0.584.